The van der Waals surface area contributed by atoms with Crippen LogP contribution >= 0.6 is 0 Å². The molecule has 2 amide bonds. The van der Waals surface area contributed by atoms with Crippen LogP contribution in [0.2, 0.25) is 0 Å². The highest BCUT2D eigenvalue weighted by Gasteiger charge is 2.41. The summed E-state index contributed by atoms with van der Waals surface area (Å²) in [6.45, 7) is 2.95. The fourth-order valence-corrected chi connectivity index (χ4v) is 3.19. The first-order chi connectivity index (χ1) is 9.22. The topological polar surface area (TPSA) is 70.6 Å². The largest absolute Gasteiger partial charge is 0.396 e. The lowest BCUT2D eigenvalue weighted by Gasteiger charge is -2.21. The van der Waals surface area contributed by atoms with Crippen LogP contribution in [0, 0.1) is 5.92 Å². The van der Waals surface area contributed by atoms with Crippen molar-refractivity contribution in [2.45, 2.75) is 63.7 Å². The number of amides is 2. The average Bonchev–Trinajstić information content (AvgIpc) is 2.99. The summed E-state index contributed by atoms with van der Waals surface area (Å²) in [6, 6.07) is 0.0846. The third-order valence-electron chi connectivity index (χ3n) is 4.21. The molecule has 0 spiro atoms. The van der Waals surface area contributed by atoms with Crippen molar-refractivity contribution in [3.8, 4) is 0 Å². The van der Waals surface area contributed by atoms with Crippen LogP contribution < -0.4 is 10.6 Å². The van der Waals surface area contributed by atoms with E-state index in [-0.39, 0.29) is 24.8 Å². The van der Waals surface area contributed by atoms with Gasteiger partial charge in [-0.3, -0.25) is 0 Å². The number of hydrogen-bond donors (Lipinski definition) is 3. The first-order valence-corrected chi connectivity index (χ1v) is 7.53. The van der Waals surface area contributed by atoms with E-state index < -0.39 is 0 Å². The first kappa shape index (κ1) is 14.6. The molecule has 0 aromatic carbocycles. The summed E-state index contributed by atoms with van der Waals surface area (Å²) in [7, 11) is 0. The number of aliphatic hydroxyl groups is 1. The van der Waals surface area contributed by atoms with Crippen LogP contribution in [0.25, 0.3) is 0 Å². The van der Waals surface area contributed by atoms with Crippen molar-refractivity contribution in [2.75, 3.05) is 13.2 Å². The molecule has 2 heterocycles. The zero-order chi connectivity index (χ0) is 13.7. The SMILES string of the molecule is CCCC(CCO)CNC(=O)NC1CC2CCC1O2. The molecule has 0 radical (unpaired) electrons. The van der Waals surface area contributed by atoms with Crippen LogP contribution in [0.15, 0.2) is 0 Å². The van der Waals surface area contributed by atoms with E-state index in [2.05, 4.69) is 17.6 Å². The highest BCUT2D eigenvalue weighted by molar-refractivity contribution is 5.74. The van der Waals surface area contributed by atoms with Gasteiger partial charge < -0.3 is 20.5 Å². The van der Waals surface area contributed by atoms with Gasteiger partial charge in [0.2, 0.25) is 0 Å². The summed E-state index contributed by atoms with van der Waals surface area (Å²) in [5.74, 6) is 0.372. The molecule has 4 atom stereocenters. The second-order valence-corrected chi connectivity index (χ2v) is 5.74. The molecule has 2 aliphatic rings. The zero-order valence-corrected chi connectivity index (χ0v) is 11.7. The summed E-state index contributed by atoms with van der Waals surface area (Å²) in [5.41, 5.74) is 0. The number of carbonyl (C=O) groups is 1. The second-order valence-electron chi connectivity index (χ2n) is 5.74. The Hall–Kier alpha value is -0.810. The molecule has 2 aliphatic heterocycles. The highest BCUT2D eigenvalue weighted by Crippen LogP contribution is 2.34. The molecule has 0 aliphatic carbocycles. The van der Waals surface area contributed by atoms with Gasteiger partial charge in [-0.25, -0.2) is 4.79 Å². The summed E-state index contributed by atoms with van der Waals surface area (Å²) in [4.78, 5) is 11.8. The Morgan fingerprint density at radius 3 is 2.84 bits per heavy atom. The van der Waals surface area contributed by atoms with Gasteiger partial charge in [0.05, 0.1) is 18.2 Å². The smallest absolute Gasteiger partial charge is 0.315 e. The lowest BCUT2D eigenvalue weighted by Crippen LogP contribution is -2.47. The highest BCUT2D eigenvalue weighted by atomic mass is 16.5. The van der Waals surface area contributed by atoms with Crippen molar-refractivity contribution in [3.63, 3.8) is 0 Å². The Kier molecular flexibility index (Phi) is 5.45. The molecule has 19 heavy (non-hydrogen) atoms. The quantitative estimate of drug-likeness (QED) is 0.655. The standard InChI is InChI=1S/C14H26N2O3/c1-2-3-10(6-7-17)9-15-14(18)16-12-8-11-4-5-13(12)19-11/h10-13,17H,2-9H2,1H3,(H2,15,16,18). The van der Waals surface area contributed by atoms with Crippen molar-refractivity contribution < 1.29 is 14.6 Å². The summed E-state index contributed by atoms with van der Waals surface area (Å²) in [6.07, 6.45) is 6.61. The van der Waals surface area contributed by atoms with Gasteiger partial charge in [-0.05, 0) is 38.0 Å². The van der Waals surface area contributed by atoms with Gasteiger partial charge in [0.25, 0.3) is 0 Å². The third-order valence-corrected chi connectivity index (χ3v) is 4.21. The first-order valence-electron chi connectivity index (χ1n) is 7.53. The molecule has 0 saturated carbocycles. The molecule has 2 fully saturated rings. The maximum absolute atomic E-state index is 11.8. The van der Waals surface area contributed by atoms with E-state index in [0.29, 0.717) is 18.6 Å². The van der Waals surface area contributed by atoms with Crippen molar-refractivity contribution in [3.05, 3.63) is 0 Å². The minimum atomic E-state index is -0.0970. The molecule has 2 bridgehead atoms. The molecular weight excluding hydrogens is 244 g/mol. The van der Waals surface area contributed by atoms with Gasteiger partial charge in [-0.2, -0.15) is 0 Å². The van der Waals surface area contributed by atoms with Crippen molar-refractivity contribution in [2.24, 2.45) is 5.92 Å². The maximum Gasteiger partial charge on any atom is 0.315 e. The molecule has 2 saturated heterocycles. The predicted octanol–water partition coefficient (Wildman–Crippen LogP) is 1.40. The molecule has 5 nitrogen and oxygen atoms in total. The van der Waals surface area contributed by atoms with Crippen LogP contribution in [0.4, 0.5) is 4.79 Å². The van der Waals surface area contributed by atoms with Crippen LogP contribution in [0.3, 0.4) is 0 Å². The number of nitrogens with one attached hydrogen (secondary N) is 2. The molecule has 110 valence electrons. The Morgan fingerprint density at radius 2 is 2.26 bits per heavy atom. The van der Waals surface area contributed by atoms with E-state index in [4.69, 9.17) is 9.84 Å². The minimum Gasteiger partial charge on any atom is -0.396 e. The van der Waals surface area contributed by atoms with Crippen molar-refractivity contribution in [1.29, 1.82) is 0 Å². The molecule has 0 aromatic rings. The van der Waals surface area contributed by atoms with Gasteiger partial charge in [-0.15, -0.1) is 0 Å². The van der Waals surface area contributed by atoms with Gasteiger partial charge in [0, 0.05) is 13.2 Å². The van der Waals surface area contributed by atoms with Gasteiger partial charge >= 0.3 is 6.03 Å². The van der Waals surface area contributed by atoms with E-state index in [0.717, 1.165) is 38.5 Å². The van der Waals surface area contributed by atoms with Gasteiger partial charge in [-0.1, -0.05) is 13.3 Å². The number of ether oxygens (including phenoxy) is 1. The maximum atomic E-state index is 11.8. The Morgan fingerprint density at radius 1 is 1.42 bits per heavy atom. The zero-order valence-electron chi connectivity index (χ0n) is 11.7. The number of aliphatic hydroxyl groups excluding tert-OH is 1. The van der Waals surface area contributed by atoms with E-state index >= 15 is 0 Å². The van der Waals surface area contributed by atoms with Gasteiger partial charge in [0.15, 0.2) is 0 Å². The van der Waals surface area contributed by atoms with Crippen LogP contribution in [0.1, 0.15) is 45.4 Å². The normalized spacial score (nSPS) is 30.3. The Bertz CT molecular complexity index is 292. The lowest BCUT2D eigenvalue weighted by molar-refractivity contribution is 0.0980. The fraction of sp³-hybridized carbons (Fsp3) is 0.929. The third kappa shape index (κ3) is 4.08. The van der Waals surface area contributed by atoms with Crippen LogP contribution in [0.5, 0.6) is 0 Å². The number of fused-ring (bicyclic) bond motifs is 2. The number of urea groups is 1. The summed E-state index contributed by atoms with van der Waals surface area (Å²) in [5, 5.41) is 14.9. The predicted molar refractivity (Wildman–Crippen MR) is 72.9 cm³/mol. The van der Waals surface area contributed by atoms with E-state index in [1.54, 1.807) is 0 Å². The van der Waals surface area contributed by atoms with Crippen molar-refractivity contribution >= 4 is 6.03 Å². The van der Waals surface area contributed by atoms with Gasteiger partial charge in [0.1, 0.15) is 0 Å². The monoisotopic (exact) mass is 270 g/mol. The van der Waals surface area contributed by atoms with Crippen molar-refractivity contribution in [1.82, 2.24) is 10.6 Å². The number of rotatable bonds is 7. The molecule has 0 aromatic heterocycles. The second kappa shape index (κ2) is 7.10. The lowest BCUT2D eigenvalue weighted by atomic mass is 9.96. The Labute approximate surface area is 115 Å². The molecule has 5 heteroatoms. The molecular formula is C14H26N2O3. The molecule has 4 unspecified atom stereocenters. The van der Waals surface area contributed by atoms with E-state index in [9.17, 15) is 4.79 Å². The molecule has 3 N–H and O–H groups in total. The van der Waals surface area contributed by atoms with E-state index in [1.807, 2.05) is 0 Å². The fourth-order valence-electron chi connectivity index (χ4n) is 3.19. The number of hydrogen-bond acceptors (Lipinski definition) is 3. The van der Waals surface area contributed by atoms with Crippen LogP contribution in [-0.2, 0) is 4.74 Å². The summed E-state index contributed by atoms with van der Waals surface area (Å²) >= 11 is 0. The van der Waals surface area contributed by atoms with E-state index in [1.165, 1.54) is 0 Å². The summed E-state index contributed by atoms with van der Waals surface area (Å²) < 4.78 is 5.71. The minimum absolute atomic E-state index is 0.0970. The molecule has 2 rings (SSSR count). The Balaban J connectivity index is 1.66. The number of carbonyl (C=O) groups excluding carboxylic acids is 1. The van der Waals surface area contributed by atoms with Crippen LogP contribution in [-0.4, -0.2) is 42.5 Å². The average molecular weight is 270 g/mol.